The van der Waals surface area contributed by atoms with Gasteiger partial charge in [-0.2, -0.15) is 0 Å². The van der Waals surface area contributed by atoms with Gasteiger partial charge in [0.15, 0.2) is 17.5 Å². The summed E-state index contributed by atoms with van der Waals surface area (Å²) in [5, 5.41) is 4.34. The molecule has 0 bridgehead atoms. The highest BCUT2D eigenvalue weighted by Crippen LogP contribution is 2.63. The van der Waals surface area contributed by atoms with Crippen LogP contribution in [0.5, 0.6) is 0 Å². The molecule has 0 saturated carbocycles. The van der Waals surface area contributed by atoms with Crippen LogP contribution in [0.1, 0.15) is 22.3 Å². The van der Waals surface area contributed by atoms with Gasteiger partial charge in [-0.15, -0.1) is 0 Å². The Kier molecular flexibility index (Phi) is 8.89. The normalized spacial score (nSPS) is 12.9. The molecule has 14 aromatic rings. The summed E-state index contributed by atoms with van der Waals surface area (Å²) in [6.45, 7) is 0. The third-order valence-corrected chi connectivity index (χ3v) is 15.9. The van der Waals surface area contributed by atoms with Gasteiger partial charge in [-0.05, 0) is 127 Å². The van der Waals surface area contributed by atoms with E-state index in [0.29, 0.717) is 17.5 Å². The SMILES string of the molecule is c1ccc(-c2nc(-c3ccccc3)nc(-c3cccc4oc5ccc(-c6ccc7c(c6)c6cc(-c8ccc9c(c8)-c8ccccc8C98c9ccccc9-c9ccccc98)ccc6n7-c6ccccc6)cc5c34)n2)cc1. The van der Waals surface area contributed by atoms with Gasteiger partial charge in [-0.3, -0.25) is 0 Å². The van der Waals surface area contributed by atoms with Crippen LogP contribution in [0, 0.1) is 0 Å². The zero-order valence-electron chi connectivity index (χ0n) is 40.4. The lowest BCUT2D eigenvalue weighted by molar-refractivity contribution is 0.669. The number of fused-ring (bicyclic) bond motifs is 16. The van der Waals surface area contributed by atoms with Gasteiger partial charge in [0.05, 0.1) is 16.4 Å². The van der Waals surface area contributed by atoms with Crippen molar-refractivity contribution in [3.63, 3.8) is 0 Å². The monoisotopic (exact) mass is 954 g/mol. The van der Waals surface area contributed by atoms with Gasteiger partial charge in [0.1, 0.15) is 11.2 Å². The van der Waals surface area contributed by atoms with Crippen LogP contribution in [0.3, 0.4) is 0 Å². The summed E-state index contributed by atoms with van der Waals surface area (Å²) in [5.41, 5.74) is 22.6. The molecule has 0 aliphatic heterocycles. The van der Waals surface area contributed by atoms with Crippen LogP contribution in [-0.2, 0) is 5.41 Å². The number of benzene rings is 11. The molecule has 11 aromatic carbocycles. The van der Waals surface area contributed by atoms with E-state index < -0.39 is 0 Å². The van der Waals surface area contributed by atoms with Crippen LogP contribution < -0.4 is 0 Å². The number of rotatable bonds is 6. The fourth-order valence-corrected chi connectivity index (χ4v) is 12.6. The molecule has 5 heteroatoms. The second-order valence-electron chi connectivity index (χ2n) is 19.8. The zero-order chi connectivity index (χ0) is 49.2. The average Bonchev–Trinajstić information content (AvgIpc) is 4.36. The highest BCUT2D eigenvalue weighted by Gasteiger charge is 2.51. The summed E-state index contributed by atoms with van der Waals surface area (Å²) in [6, 6.07) is 91.8. The minimum atomic E-state index is -0.376. The second kappa shape index (κ2) is 16.0. The Morgan fingerprint density at radius 3 is 1.32 bits per heavy atom. The molecule has 3 aromatic heterocycles. The number of furan rings is 1. The molecule has 0 N–H and O–H groups in total. The lowest BCUT2D eigenvalue weighted by Gasteiger charge is -2.30. The van der Waals surface area contributed by atoms with E-state index >= 15 is 0 Å². The quantitative estimate of drug-likeness (QED) is 0.167. The molecule has 0 radical (unpaired) electrons. The molecule has 0 saturated heterocycles. The number of hydrogen-bond acceptors (Lipinski definition) is 4. The molecule has 348 valence electrons. The third-order valence-electron chi connectivity index (χ3n) is 15.9. The maximum Gasteiger partial charge on any atom is 0.164 e. The van der Waals surface area contributed by atoms with Gasteiger partial charge < -0.3 is 8.98 Å². The maximum atomic E-state index is 6.60. The molecular formula is C70H42N4O. The fourth-order valence-electron chi connectivity index (χ4n) is 12.6. The van der Waals surface area contributed by atoms with Gasteiger partial charge in [0.2, 0.25) is 0 Å². The van der Waals surface area contributed by atoms with E-state index in [-0.39, 0.29) is 5.41 Å². The van der Waals surface area contributed by atoms with Crippen molar-refractivity contribution in [1.82, 2.24) is 19.5 Å². The van der Waals surface area contributed by atoms with Crippen molar-refractivity contribution in [2.75, 3.05) is 0 Å². The van der Waals surface area contributed by atoms with Crippen LogP contribution in [0.15, 0.2) is 259 Å². The Morgan fingerprint density at radius 2 is 0.733 bits per heavy atom. The topological polar surface area (TPSA) is 56.7 Å². The van der Waals surface area contributed by atoms with E-state index in [4.69, 9.17) is 19.4 Å². The lowest BCUT2D eigenvalue weighted by Crippen LogP contribution is -2.25. The summed E-state index contributed by atoms with van der Waals surface area (Å²) in [7, 11) is 0. The van der Waals surface area contributed by atoms with E-state index in [2.05, 4.69) is 187 Å². The summed E-state index contributed by atoms with van der Waals surface area (Å²) in [6.07, 6.45) is 0. The Labute approximate surface area is 432 Å². The van der Waals surface area contributed by atoms with Crippen molar-refractivity contribution < 1.29 is 4.42 Å². The molecule has 16 rings (SSSR count). The van der Waals surface area contributed by atoms with Crippen molar-refractivity contribution in [3.8, 4) is 84.4 Å². The van der Waals surface area contributed by atoms with E-state index in [1.165, 1.54) is 66.4 Å². The average molecular weight is 955 g/mol. The van der Waals surface area contributed by atoms with Crippen LogP contribution in [-0.4, -0.2) is 19.5 Å². The van der Waals surface area contributed by atoms with E-state index in [1.54, 1.807) is 0 Å². The molecule has 0 fully saturated rings. The first kappa shape index (κ1) is 41.6. The molecule has 2 aliphatic rings. The Hall–Kier alpha value is -9.97. The van der Waals surface area contributed by atoms with Crippen LogP contribution in [0.2, 0.25) is 0 Å². The molecule has 0 amide bonds. The van der Waals surface area contributed by atoms with Gasteiger partial charge in [-0.25, -0.2) is 15.0 Å². The van der Waals surface area contributed by atoms with E-state index in [1.807, 2.05) is 72.8 Å². The lowest BCUT2D eigenvalue weighted by atomic mass is 9.70. The Balaban J connectivity index is 0.855. The molecule has 75 heavy (non-hydrogen) atoms. The minimum absolute atomic E-state index is 0.376. The smallest absolute Gasteiger partial charge is 0.164 e. The largest absolute Gasteiger partial charge is 0.456 e. The predicted molar refractivity (Wildman–Crippen MR) is 305 cm³/mol. The van der Waals surface area contributed by atoms with Crippen LogP contribution >= 0.6 is 0 Å². The zero-order valence-corrected chi connectivity index (χ0v) is 40.4. The predicted octanol–water partition coefficient (Wildman–Crippen LogP) is 17.5. The molecule has 0 unspecified atom stereocenters. The molecule has 5 nitrogen and oxygen atoms in total. The van der Waals surface area contributed by atoms with Crippen molar-refractivity contribution >= 4 is 43.7 Å². The van der Waals surface area contributed by atoms with Crippen molar-refractivity contribution in [3.05, 3.63) is 277 Å². The molecular weight excluding hydrogens is 913 g/mol. The van der Waals surface area contributed by atoms with Gasteiger partial charge in [0, 0.05) is 43.9 Å². The number of aromatic nitrogens is 4. The second-order valence-corrected chi connectivity index (χ2v) is 19.8. The fraction of sp³-hybridized carbons (Fsp3) is 0.0143. The van der Waals surface area contributed by atoms with Gasteiger partial charge >= 0.3 is 0 Å². The molecule has 3 heterocycles. The van der Waals surface area contributed by atoms with Gasteiger partial charge in [0.25, 0.3) is 0 Å². The maximum absolute atomic E-state index is 6.60. The third kappa shape index (κ3) is 6.10. The van der Waals surface area contributed by atoms with Crippen molar-refractivity contribution in [2.45, 2.75) is 5.41 Å². The van der Waals surface area contributed by atoms with Crippen LogP contribution in [0.25, 0.3) is 128 Å². The first-order valence-corrected chi connectivity index (χ1v) is 25.6. The first-order valence-electron chi connectivity index (χ1n) is 25.6. The Bertz CT molecular complexity index is 4550. The molecule has 1 spiro atoms. The van der Waals surface area contributed by atoms with Crippen LogP contribution in [0.4, 0.5) is 0 Å². The first-order chi connectivity index (χ1) is 37.2. The highest BCUT2D eigenvalue weighted by atomic mass is 16.3. The number of hydrogen-bond donors (Lipinski definition) is 0. The van der Waals surface area contributed by atoms with Crippen molar-refractivity contribution in [1.29, 1.82) is 0 Å². The number of nitrogens with zero attached hydrogens (tertiary/aromatic N) is 4. The summed E-state index contributed by atoms with van der Waals surface area (Å²) >= 11 is 0. The van der Waals surface area contributed by atoms with Crippen molar-refractivity contribution in [2.24, 2.45) is 0 Å². The minimum Gasteiger partial charge on any atom is -0.456 e. The van der Waals surface area contributed by atoms with E-state index in [9.17, 15) is 0 Å². The standard InChI is InChI=1S/C70H42N4O/c1-4-17-43(18-5-1)67-71-68(44-19-6-2-7-20-44)73-69(72-67)53-26-16-30-65-66(53)57-42-48(34-38-64(57)75-65)47-33-37-63-56(41-47)55-40-46(32-36-62(55)74(63)49-21-8-3-9-22-49)45-31-35-61-54(39-45)52-25-12-15-29-60(52)70(61)58-27-13-10-23-50(58)51-24-11-14-28-59(51)70/h1-42H. The molecule has 0 atom stereocenters. The number of para-hydroxylation sites is 1. The molecule has 2 aliphatic carbocycles. The summed E-state index contributed by atoms with van der Waals surface area (Å²) < 4.78 is 9.00. The van der Waals surface area contributed by atoms with Gasteiger partial charge in [-0.1, -0.05) is 194 Å². The summed E-state index contributed by atoms with van der Waals surface area (Å²) in [4.78, 5) is 15.2. The summed E-state index contributed by atoms with van der Waals surface area (Å²) in [5.74, 6) is 1.83. The highest BCUT2D eigenvalue weighted by molar-refractivity contribution is 6.14. The Morgan fingerprint density at radius 1 is 0.293 bits per heavy atom. The van der Waals surface area contributed by atoms with E-state index in [0.717, 1.165) is 66.5 Å².